The number of allylic oxidation sites excluding steroid dienone is 3. The van der Waals surface area contributed by atoms with Crippen LogP contribution in [-0.2, 0) is 11.2 Å². The van der Waals surface area contributed by atoms with E-state index in [0.29, 0.717) is 6.61 Å². The third-order valence-corrected chi connectivity index (χ3v) is 4.01. The highest BCUT2D eigenvalue weighted by Crippen LogP contribution is 2.37. The fraction of sp³-hybridized carbons (Fsp3) is 0.350. The Bertz CT molecular complexity index is 699. The number of nitrogens with zero attached hydrogens (tertiary/aromatic N) is 1. The van der Waals surface area contributed by atoms with Gasteiger partial charge in [0.1, 0.15) is 12.4 Å². The molecule has 1 aromatic rings. The Morgan fingerprint density at radius 3 is 2.79 bits per heavy atom. The van der Waals surface area contributed by atoms with Crippen molar-refractivity contribution in [2.24, 2.45) is 0 Å². The van der Waals surface area contributed by atoms with E-state index >= 15 is 0 Å². The van der Waals surface area contributed by atoms with Gasteiger partial charge in [-0.1, -0.05) is 24.8 Å². The number of hydrogen-bond acceptors (Lipinski definition) is 3. The first kappa shape index (κ1) is 18.0. The molecule has 1 aliphatic rings. The van der Waals surface area contributed by atoms with Gasteiger partial charge in [0.05, 0.1) is 6.42 Å². The summed E-state index contributed by atoms with van der Waals surface area (Å²) in [4.78, 5) is 13.2. The van der Waals surface area contributed by atoms with E-state index in [0.717, 1.165) is 46.6 Å². The normalized spacial score (nSPS) is 15.9. The van der Waals surface area contributed by atoms with Crippen LogP contribution in [-0.4, -0.2) is 43.2 Å². The van der Waals surface area contributed by atoms with Crippen LogP contribution >= 0.6 is 0 Å². The second-order valence-corrected chi connectivity index (χ2v) is 6.30. The van der Waals surface area contributed by atoms with Crippen LogP contribution in [0.1, 0.15) is 24.5 Å². The predicted octanol–water partition coefficient (Wildman–Crippen LogP) is 3.54. The van der Waals surface area contributed by atoms with Gasteiger partial charge < -0.3 is 14.7 Å². The number of fused-ring (bicyclic) bond motifs is 1. The molecule has 0 saturated heterocycles. The van der Waals surface area contributed by atoms with Crippen molar-refractivity contribution < 1.29 is 14.6 Å². The lowest BCUT2D eigenvalue weighted by Gasteiger charge is -2.14. The molecule has 4 heteroatoms. The molecule has 0 aliphatic carbocycles. The third-order valence-electron chi connectivity index (χ3n) is 4.01. The van der Waals surface area contributed by atoms with Crippen LogP contribution in [0.25, 0.3) is 5.57 Å². The number of aliphatic carboxylic acids is 1. The highest BCUT2D eigenvalue weighted by molar-refractivity contribution is 5.86. The van der Waals surface area contributed by atoms with Crippen molar-refractivity contribution in [3.8, 4) is 5.75 Å². The van der Waals surface area contributed by atoms with Gasteiger partial charge in [-0.2, -0.15) is 0 Å². The van der Waals surface area contributed by atoms with Crippen molar-refractivity contribution in [2.45, 2.75) is 19.8 Å². The number of rotatable bonds is 6. The Morgan fingerprint density at radius 2 is 2.17 bits per heavy atom. The van der Waals surface area contributed by atoms with Gasteiger partial charge in [-0.25, -0.2) is 0 Å². The van der Waals surface area contributed by atoms with Crippen molar-refractivity contribution >= 4 is 11.5 Å². The maximum atomic E-state index is 11.0. The fourth-order valence-electron chi connectivity index (χ4n) is 2.81. The molecule has 0 spiro atoms. The zero-order valence-electron chi connectivity index (χ0n) is 14.6. The maximum absolute atomic E-state index is 11.0. The molecule has 4 nitrogen and oxygen atoms in total. The maximum Gasteiger partial charge on any atom is 0.307 e. The largest absolute Gasteiger partial charge is 0.489 e. The topological polar surface area (TPSA) is 49.8 Å². The van der Waals surface area contributed by atoms with E-state index in [4.69, 9.17) is 9.84 Å². The molecule has 1 heterocycles. The molecular weight excluding hydrogens is 302 g/mol. The standard InChI is InChI=1S/C20H25NO3/c1-5-16-14(2)13-24-19-9-8-15(12-20(22)23)11-18(19)17(16)7-6-10-21(3)4/h5,7-9,11H,1,6,10,12-13H2,2-4H3,(H,22,23)/b17-7-. The van der Waals surface area contributed by atoms with E-state index in [1.807, 2.05) is 45.3 Å². The molecule has 0 atom stereocenters. The second-order valence-electron chi connectivity index (χ2n) is 6.30. The Balaban J connectivity index is 2.50. The van der Waals surface area contributed by atoms with E-state index in [-0.39, 0.29) is 6.42 Å². The predicted molar refractivity (Wildman–Crippen MR) is 97.3 cm³/mol. The summed E-state index contributed by atoms with van der Waals surface area (Å²) < 4.78 is 5.91. The van der Waals surface area contributed by atoms with E-state index in [1.54, 1.807) is 0 Å². The summed E-state index contributed by atoms with van der Waals surface area (Å²) in [5.74, 6) is -0.0465. The van der Waals surface area contributed by atoms with Crippen LogP contribution in [0.3, 0.4) is 0 Å². The summed E-state index contributed by atoms with van der Waals surface area (Å²) >= 11 is 0. The van der Waals surface area contributed by atoms with Gasteiger partial charge in [-0.05, 0) is 61.9 Å². The number of carboxylic acids is 1. The Hall–Kier alpha value is -2.33. The monoisotopic (exact) mass is 327 g/mol. The molecule has 0 unspecified atom stereocenters. The first-order chi connectivity index (χ1) is 11.4. The minimum absolute atomic E-state index is 0.00434. The first-order valence-corrected chi connectivity index (χ1v) is 8.07. The highest BCUT2D eigenvalue weighted by Gasteiger charge is 2.19. The molecule has 2 rings (SSSR count). The number of carbonyl (C=O) groups is 1. The molecular formula is C20H25NO3. The smallest absolute Gasteiger partial charge is 0.307 e. The quantitative estimate of drug-likeness (QED) is 0.868. The Morgan fingerprint density at radius 1 is 1.42 bits per heavy atom. The molecule has 0 bridgehead atoms. The summed E-state index contributed by atoms with van der Waals surface area (Å²) in [5, 5.41) is 9.06. The molecule has 1 N–H and O–H groups in total. The van der Waals surface area contributed by atoms with E-state index < -0.39 is 5.97 Å². The van der Waals surface area contributed by atoms with Gasteiger partial charge in [-0.15, -0.1) is 0 Å². The van der Waals surface area contributed by atoms with Gasteiger partial charge in [0, 0.05) is 12.1 Å². The lowest BCUT2D eigenvalue weighted by Crippen LogP contribution is -2.12. The number of carboxylic acid groups (broad SMARTS) is 1. The Kier molecular flexibility index (Phi) is 5.99. The van der Waals surface area contributed by atoms with E-state index in [1.165, 1.54) is 0 Å². The molecule has 0 amide bonds. The van der Waals surface area contributed by atoms with Crippen molar-refractivity contribution in [1.29, 1.82) is 0 Å². The minimum Gasteiger partial charge on any atom is -0.489 e. The van der Waals surface area contributed by atoms with Crippen LogP contribution < -0.4 is 4.74 Å². The van der Waals surface area contributed by atoms with Crippen LogP contribution in [0.4, 0.5) is 0 Å². The summed E-state index contributed by atoms with van der Waals surface area (Å²) in [6.07, 6.45) is 4.96. The molecule has 0 saturated carbocycles. The summed E-state index contributed by atoms with van der Waals surface area (Å²) in [6, 6.07) is 5.61. The van der Waals surface area contributed by atoms with Crippen LogP contribution in [0.5, 0.6) is 5.75 Å². The average molecular weight is 327 g/mol. The fourth-order valence-corrected chi connectivity index (χ4v) is 2.81. The first-order valence-electron chi connectivity index (χ1n) is 8.07. The number of benzene rings is 1. The van der Waals surface area contributed by atoms with Crippen LogP contribution in [0.15, 0.2) is 48.1 Å². The minimum atomic E-state index is -0.835. The molecule has 1 aliphatic heterocycles. The molecule has 128 valence electrons. The van der Waals surface area contributed by atoms with Crippen LogP contribution in [0.2, 0.25) is 0 Å². The lowest BCUT2D eigenvalue weighted by atomic mass is 9.92. The van der Waals surface area contributed by atoms with Gasteiger partial charge in [0.15, 0.2) is 0 Å². The van der Waals surface area contributed by atoms with Crippen molar-refractivity contribution in [1.82, 2.24) is 4.90 Å². The molecule has 0 radical (unpaired) electrons. The SMILES string of the molecule is C=CC1=C(C)COc2ccc(CC(=O)O)cc2/C1=C\CCN(C)C. The van der Waals surface area contributed by atoms with Crippen molar-refractivity contribution in [3.05, 3.63) is 59.2 Å². The zero-order chi connectivity index (χ0) is 17.7. The molecule has 0 aromatic heterocycles. The molecule has 24 heavy (non-hydrogen) atoms. The molecule has 1 aromatic carbocycles. The lowest BCUT2D eigenvalue weighted by molar-refractivity contribution is -0.136. The third kappa shape index (κ3) is 4.36. The average Bonchev–Trinajstić information content (AvgIpc) is 2.63. The molecule has 0 fully saturated rings. The van der Waals surface area contributed by atoms with Crippen LogP contribution in [0, 0.1) is 0 Å². The zero-order valence-corrected chi connectivity index (χ0v) is 14.6. The van der Waals surface area contributed by atoms with Gasteiger partial charge >= 0.3 is 5.97 Å². The van der Waals surface area contributed by atoms with Crippen molar-refractivity contribution in [2.75, 3.05) is 27.2 Å². The number of ether oxygens (including phenoxy) is 1. The summed E-state index contributed by atoms with van der Waals surface area (Å²) in [6.45, 7) is 7.45. The second kappa shape index (κ2) is 7.97. The van der Waals surface area contributed by atoms with Gasteiger partial charge in [0.2, 0.25) is 0 Å². The van der Waals surface area contributed by atoms with Gasteiger partial charge in [-0.3, -0.25) is 4.79 Å². The summed E-state index contributed by atoms with van der Waals surface area (Å²) in [5.41, 5.74) is 4.98. The summed E-state index contributed by atoms with van der Waals surface area (Å²) in [7, 11) is 4.09. The van der Waals surface area contributed by atoms with E-state index in [2.05, 4.69) is 17.6 Å². The van der Waals surface area contributed by atoms with E-state index in [9.17, 15) is 4.79 Å². The van der Waals surface area contributed by atoms with Crippen molar-refractivity contribution in [3.63, 3.8) is 0 Å². The Labute approximate surface area is 143 Å². The highest BCUT2D eigenvalue weighted by atomic mass is 16.5. The van der Waals surface area contributed by atoms with Gasteiger partial charge in [0.25, 0.3) is 0 Å². The number of hydrogen-bond donors (Lipinski definition) is 1.